The molecule has 0 saturated heterocycles. The van der Waals surface area contributed by atoms with E-state index in [1.807, 2.05) is 32.0 Å². The minimum atomic E-state index is -0.569. The minimum Gasteiger partial charge on any atom is -0.457 e. The number of aryl methyl sites for hydroxylation is 2. The maximum absolute atomic E-state index is 11.1. The summed E-state index contributed by atoms with van der Waals surface area (Å²) in [6, 6.07) is 12.8. The zero-order valence-electron chi connectivity index (χ0n) is 13.5. The second-order valence-electron chi connectivity index (χ2n) is 5.14. The van der Waals surface area contributed by atoms with Crippen LogP contribution >= 0.6 is 0 Å². The van der Waals surface area contributed by atoms with Crippen molar-refractivity contribution in [3.63, 3.8) is 0 Å². The molecule has 0 fully saturated rings. The van der Waals surface area contributed by atoms with Gasteiger partial charge in [0.05, 0.1) is 16.7 Å². The number of rotatable bonds is 5. The maximum Gasteiger partial charge on any atom is 0.275 e. The number of nitrogens with zero attached hydrogens (tertiary/aromatic N) is 4. The Morgan fingerprint density at radius 3 is 2.56 bits per heavy atom. The van der Waals surface area contributed by atoms with Crippen molar-refractivity contribution in [1.82, 2.24) is 0 Å². The Bertz CT molecular complexity index is 922. The van der Waals surface area contributed by atoms with Crippen LogP contribution in [0, 0.1) is 46.6 Å². The molecule has 2 aromatic carbocycles. The highest BCUT2D eigenvalue weighted by molar-refractivity contribution is 6.10. The summed E-state index contributed by atoms with van der Waals surface area (Å²) in [5.41, 5.74) is 3.92. The van der Waals surface area contributed by atoms with E-state index in [9.17, 15) is 10.1 Å². The van der Waals surface area contributed by atoms with Gasteiger partial charge in [-0.05, 0) is 31.0 Å². The lowest BCUT2D eigenvalue weighted by Gasteiger charge is -2.11. The summed E-state index contributed by atoms with van der Waals surface area (Å²) in [6.07, 6.45) is 0. The number of anilines is 1. The number of hydrazone groups is 1. The van der Waals surface area contributed by atoms with E-state index in [1.165, 1.54) is 18.2 Å². The summed E-state index contributed by atoms with van der Waals surface area (Å²) in [4.78, 5) is 10.5. The van der Waals surface area contributed by atoms with Crippen molar-refractivity contribution in [1.29, 1.82) is 10.5 Å². The van der Waals surface area contributed by atoms with Gasteiger partial charge in [-0.25, -0.2) is 0 Å². The lowest BCUT2D eigenvalue weighted by atomic mass is 10.1. The molecule has 0 atom stereocenters. The number of nitrogens with one attached hydrogen (secondary N) is 1. The molecular formula is C17H13N5O3. The molecule has 0 radical (unpaired) electrons. The highest BCUT2D eigenvalue weighted by Gasteiger charge is 2.12. The van der Waals surface area contributed by atoms with E-state index < -0.39 is 10.6 Å². The Kier molecular flexibility index (Phi) is 5.29. The molecule has 0 aliphatic rings. The molecule has 0 aromatic heterocycles. The summed E-state index contributed by atoms with van der Waals surface area (Å²) in [7, 11) is 0. The third kappa shape index (κ3) is 4.53. The molecule has 0 spiro atoms. The summed E-state index contributed by atoms with van der Waals surface area (Å²) in [5, 5.41) is 32.0. The average molecular weight is 335 g/mol. The number of ether oxygens (including phenoxy) is 1. The number of nitro groups is 1. The topological polar surface area (TPSA) is 124 Å². The molecule has 8 heteroatoms. The normalized spacial score (nSPS) is 9.44. The SMILES string of the molecule is Cc1ccc(C)c(Oc2cc(NN=C(C#N)C#N)cc([N+](=O)[O-])c2)c1. The molecule has 0 bridgehead atoms. The molecule has 0 aliphatic carbocycles. The summed E-state index contributed by atoms with van der Waals surface area (Å²) >= 11 is 0. The van der Waals surface area contributed by atoms with E-state index in [0.717, 1.165) is 11.1 Å². The molecule has 0 aliphatic heterocycles. The largest absolute Gasteiger partial charge is 0.457 e. The van der Waals surface area contributed by atoms with Crippen LogP contribution in [-0.2, 0) is 0 Å². The quantitative estimate of drug-likeness (QED) is 0.503. The van der Waals surface area contributed by atoms with Crippen LogP contribution in [0.15, 0.2) is 41.5 Å². The van der Waals surface area contributed by atoms with Crippen molar-refractivity contribution in [2.24, 2.45) is 5.10 Å². The first kappa shape index (κ1) is 17.4. The van der Waals surface area contributed by atoms with Crippen LogP contribution in [0.4, 0.5) is 11.4 Å². The van der Waals surface area contributed by atoms with Gasteiger partial charge >= 0.3 is 0 Å². The van der Waals surface area contributed by atoms with Gasteiger partial charge in [-0.15, -0.1) is 0 Å². The fraction of sp³-hybridized carbons (Fsp3) is 0.118. The monoisotopic (exact) mass is 335 g/mol. The first-order valence-electron chi connectivity index (χ1n) is 7.11. The van der Waals surface area contributed by atoms with E-state index in [0.29, 0.717) is 5.75 Å². The number of hydrogen-bond donors (Lipinski definition) is 1. The molecular weight excluding hydrogens is 322 g/mol. The first-order chi connectivity index (χ1) is 11.9. The summed E-state index contributed by atoms with van der Waals surface area (Å²) < 4.78 is 5.76. The predicted octanol–water partition coefficient (Wildman–Crippen LogP) is 3.82. The van der Waals surface area contributed by atoms with Gasteiger partial charge in [-0.1, -0.05) is 12.1 Å². The van der Waals surface area contributed by atoms with Crippen LogP contribution in [0.5, 0.6) is 11.5 Å². The van der Waals surface area contributed by atoms with Gasteiger partial charge in [0.25, 0.3) is 5.69 Å². The maximum atomic E-state index is 11.1. The standard InChI is InChI=1S/C17H13N5O3/c1-11-3-4-12(2)17(5-11)25-16-7-13(6-15(8-16)22(23)24)20-21-14(9-18)10-19/h3-8,20H,1-2H3. The zero-order valence-corrected chi connectivity index (χ0v) is 13.5. The van der Waals surface area contributed by atoms with Crippen molar-refractivity contribution < 1.29 is 9.66 Å². The Morgan fingerprint density at radius 2 is 1.92 bits per heavy atom. The zero-order chi connectivity index (χ0) is 18.4. The predicted molar refractivity (Wildman–Crippen MR) is 91.4 cm³/mol. The number of nitro benzene ring substituents is 1. The summed E-state index contributed by atoms with van der Waals surface area (Å²) in [6.45, 7) is 3.77. The van der Waals surface area contributed by atoms with E-state index in [-0.39, 0.29) is 17.1 Å². The molecule has 2 aromatic rings. The fourth-order valence-corrected chi connectivity index (χ4v) is 1.95. The van der Waals surface area contributed by atoms with Crippen molar-refractivity contribution in [2.45, 2.75) is 13.8 Å². The van der Waals surface area contributed by atoms with Crippen molar-refractivity contribution in [3.05, 3.63) is 57.6 Å². The number of hydrogen-bond acceptors (Lipinski definition) is 7. The molecule has 0 amide bonds. The van der Waals surface area contributed by atoms with Crippen LogP contribution in [0.25, 0.3) is 0 Å². The van der Waals surface area contributed by atoms with Gasteiger partial charge in [-0.3, -0.25) is 15.5 Å². The Labute approximate surface area is 143 Å². The number of nitriles is 2. The lowest BCUT2D eigenvalue weighted by Crippen LogP contribution is -1.98. The molecule has 25 heavy (non-hydrogen) atoms. The lowest BCUT2D eigenvalue weighted by molar-refractivity contribution is -0.384. The first-order valence-corrected chi connectivity index (χ1v) is 7.11. The molecule has 124 valence electrons. The van der Waals surface area contributed by atoms with Gasteiger partial charge in [0.2, 0.25) is 5.71 Å². The number of non-ortho nitro benzene ring substituents is 1. The Morgan fingerprint density at radius 1 is 1.20 bits per heavy atom. The molecule has 0 unspecified atom stereocenters. The van der Waals surface area contributed by atoms with E-state index in [1.54, 1.807) is 12.1 Å². The third-order valence-corrected chi connectivity index (χ3v) is 3.18. The molecule has 2 rings (SSSR count). The van der Waals surface area contributed by atoms with Crippen LogP contribution in [0.3, 0.4) is 0 Å². The average Bonchev–Trinajstić information content (AvgIpc) is 2.59. The minimum absolute atomic E-state index is 0.212. The second-order valence-corrected chi connectivity index (χ2v) is 5.14. The van der Waals surface area contributed by atoms with Gasteiger partial charge in [0.15, 0.2) is 0 Å². The van der Waals surface area contributed by atoms with Gasteiger partial charge in [-0.2, -0.15) is 15.6 Å². The molecule has 0 heterocycles. The Balaban J connectivity index is 2.39. The Hall–Kier alpha value is -3.91. The summed E-state index contributed by atoms with van der Waals surface area (Å²) in [5.74, 6) is 0.806. The molecule has 0 saturated carbocycles. The van der Waals surface area contributed by atoms with Crippen LogP contribution in [-0.4, -0.2) is 10.6 Å². The van der Waals surface area contributed by atoms with Crippen molar-refractivity contribution in [2.75, 3.05) is 5.43 Å². The highest BCUT2D eigenvalue weighted by Crippen LogP contribution is 2.31. The smallest absolute Gasteiger partial charge is 0.275 e. The van der Waals surface area contributed by atoms with Crippen LogP contribution in [0.1, 0.15) is 11.1 Å². The van der Waals surface area contributed by atoms with E-state index >= 15 is 0 Å². The van der Waals surface area contributed by atoms with Crippen molar-refractivity contribution >= 4 is 17.1 Å². The van der Waals surface area contributed by atoms with Crippen molar-refractivity contribution in [3.8, 4) is 23.6 Å². The highest BCUT2D eigenvalue weighted by atomic mass is 16.6. The second kappa shape index (κ2) is 7.57. The van der Waals surface area contributed by atoms with E-state index in [4.69, 9.17) is 15.3 Å². The van der Waals surface area contributed by atoms with Gasteiger partial charge in [0, 0.05) is 12.1 Å². The van der Waals surface area contributed by atoms with Gasteiger partial charge < -0.3 is 4.74 Å². The molecule has 8 nitrogen and oxygen atoms in total. The number of benzene rings is 2. The molecule has 1 N–H and O–H groups in total. The van der Waals surface area contributed by atoms with Crippen LogP contribution < -0.4 is 10.2 Å². The van der Waals surface area contributed by atoms with Gasteiger partial charge in [0.1, 0.15) is 23.6 Å². The third-order valence-electron chi connectivity index (χ3n) is 3.18. The van der Waals surface area contributed by atoms with Crippen LogP contribution in [0.2, 0.25) is 0 Å². The van der Waals surface area contributed by atoms with E-state index in [2.05, 4.69) is 10.5 Å². The fourth-order valence-electron chi connectivity index (χ4n) is 1.95.